The highest BCUT2D eigenvalue weighted by molar-refractivity contribution is 7.19. The Morgan fingerprint density at radius 2 is 2.12 bits per heavy atom. The lowest BCUT2D eigenvalue weighted by Gasteiger charge is -2.23. The fourth-order valence-corrected chi connectivity index (χ4v) is 4.05. The number of hydrogen-bond acceptors (Lipinski definition) is 4. The van der Waals surface area contributed by atoms with Crippen LogP contribution in [0.2, 0.25) is 0 Å². The molecule has 0 saturated heterocycles. The normalized spacial score (nSPS) is 17.5. The predicted octanol–water partition coefficient (Wildman–Crippen LogP) is 2.97. The molecule has 6 heteroatoms. The van der Waals surface area contributed by atoms with Gasteiger partial charge in [0.15, 0.2) is 5.96 Å². The van der Waals surface area contributed by atoms with Crippen LogP contribution >= 0.6 is 11.3 Å². The molecule has 3 N–H and O–H groups in total. The molecule has 1 aromatic carbocycles. The van der Waals surface area contributed by atoms with E-state index in [1.165, 1.54) is 22.9 Å². The minimum absolute atomic E-state index is 0.422. The summed E-state index contributed by atoms with van der Waals surface area (Å²) in [6, 6.07) is 11.5. The molecule has 1 aliphatic carbocycles. The van der Waals surface area contributed by atoms with Crippen LogP contribution in [-0.4, -0.2) is 54.7 Å². The first-order chi connectivity index (χ1) is 12.6. The second kappa shape index (κ2) is 8.84. The number of aliphatic hydroxyl groups is 1. The highest BCUT2D eigenvalue weighted by atomic mass is 32.1. The van der Waals surface area contributed by atoms with Crippen molar-refractivity contribution in [2.75, 3.05) is 26.7 Å². The molecule has 1 aromatic heterocycles. The molecule has 5 nitrogen and oxygen atoms in total. The lowest BCUT2D eigenvalue weighted by molar-refractivity contribution is 0.184. The van der Waals surface area contributed by atoms with Gasteiger partial charge < -0.3 is 15.7 Å². The van der Waals surface area contributed by atoms with Gasteiger partial charge in [-0.05, 0) is 51.3 Å². The van der Waals surface area contributed by atoms with Crippen molar-refractivity contribution in [3.63, 3.8) is 0 Å². The maximum Gasteiger partial charge on any atom is 0.191 e. The quantitative estimate of drug-likeness (QED) is 0.491. The number of nitrogens with one attached hydrogen (secondary N) is 2. The van der Waals surface area contributed by atoms with E-state index in [0.717, 1.165) is 30.0 Å². The zero-order chi connectivity index (χ0) is 18.5. The highest BCUT2D eigenvalue weighted by Crippen LogP contribution is 2.29. The topological polar surface area (TPSA) is 59.9 Å². The lowest BCUT2D eigenvalue weighted by Crippen LogP contribution is -2.41. The van der Waals surface area contributed by atoms with E-state index >= 15 is 0 Å². The van der Waals surface area contributed by atoms with Gasteiger partial charge in [-0.15, -0.1) is 11.3 Å². The zero-order valence-corrected chi connectivity index (χ0v) is 16.7. The molecule has 1 saturated carbocycles. The number of thiophene rings is 1. The summed E-state index contributed by atoms with van der Waals surface area (Å²) >= 11 is 1.65. The average Bonchev–Trinajstić information content (AvgIpc) is 3.40. The second-order valence-corrected chi connectivity index (χ2v) is 8.16. The van der Waals surface area contributed by atoms with Crippen LogP contribution < -0.4 is 10.6 Å². The largest absolute Gasteiger partial charge is 0.386 e. The Kier molecular flexibility index (Phi) is 6.51. The fourth-order valence-electron chi connectivity index (χ4n) is 3.00. The minimum atomic E-state index is -0.539. The summed E-state index contributed by atoms with van der Waals surface area (Å²) in [4.78, 5) is 8.10. The summed E-state index contributed by atoms with van der Waals surface area (Å²) in [7, 11) is 2.18. The SMILES string of the molecule is CCNC(=NCC(C)N(C)C1CC1)NCC(O)c1cc2ccccc2s1. The Hall–Kier alpha value is -1.63. The number of likely N-dealkylation sites (N-methyl/N-ethyl adjacent to an activating group) is 1. The number of guanidine groups is 1. The van der Waals surface area contributed by atoms with Gasteiger partial charge in [0, 0.05) is 34.8 Å². The average molecular weight is 375 g/mol. The van der Waals surface area contributed by atoms with Crippen LogP contribution in [0.4, 0.5) is 0 Å². The van der Waals surface area contributed by atoms with Crippen LogP contribution in [0.3, 0.4) is 0 Å². The van der Waals surface area contributed by atoms with Gasteiger partial charge >= 0.3 is 0 Å². The third-order valence-electron chi connectivity index (χ3n) is 4.91. The van der Waals surface area contributed by atoms with Crippen molar-refractivity contribution in [2.45, 2.75) is 44.9 Å². The molecule has 1 heterocycles. The zero-order valence-electron chi connectivity index (χ0n) is 15.9. The van der Waals surface area contributed by atoms with Crippen molar-refractivity contribution in [3.8, 4) is 0 Å². The van der Waals surface area contributed by atoms with Crippen molar-refractivity contribution >= 4 is 27.4 Å². The van der Waals surface area contributed by atoms with Crippen LogP contribution in [0, 0.1) is 0 Å². The van der Waals surface area contributed by atoms with Gasteiger partial charge in [-0.2, -0.15) is 0 Å². The minimum Gasteiger partial charge on any atom is -0.386 e. The Morgan fingerprint density at radius 3 is 2.81 bits per heavy atom. The Labute approximate surface area is 160 Å². The number of rotatable bonds is 8. The van der Waals surface area contributed by atoms with Crippen molar-refractivity contribution in [2.24, 2.45) is 4.99 Å². The first-order valence-corrected chi connectivity index (χ1v) is 10.3. The van der Waals surface area contributed by atoms with Crippen LogP contribution in [0.5, 0.6) is 0 Å². The standard InChI is InChI=1S/C20H30N4OS/c1-4-21-20(22-12-14(2)24(3)16-9-10-16)23-13-17(25)19-11-15-7-5-6-8-18(15)26-19/h5-8,11,14,16-17,25H,4,9-10,12-13H2,1-3H3,(H2,21,22,23). The second-order valence-electron chi connectivity index (χ2n) is 7.05. The molecule has 0 bridgehead atoms. The Morgan fingerprint density at radius 1 is 1.35 bits per heavy atom. The first-order valence-electron chi connectivity index (χ1n) is 9.49. The Balaban J connectivity index is 1.55. The maximum atomic E-state index is 10.5. The molecule has 2 aromatic rings. The predicted molar refractivity (Wildman–Crippen MR) is 111 cm³/mol. The van der Waals surface area contributed by atoms with Crippen LogP contribution in [-0.2, 0) is 0 Å². The smallest absolute Gasteiger partial charge is 0.191 e. The molecule has 0 amide bonds. The van der Waals surface area contributed by atoms with E-state index in [0.29, 0.717) is 12.6 Å². The highest BCUT2D eigenvalue weighted by Gasteiger charge is 2.28. The van der Waals surface area contributed by atoms with Gasteiger partial charge in [0.25, 0.3) is 0 Å². The van der Waals surface area contributed by atoms with Gasteiger partial charge in [-0.3, -0.25) is 9.89 Å². The molecule has 1 aliphatic rings. The summed E-state index contributed by atoms with van der Waals surface area (Å²) in [6.07, 6.45) is 2.08. The summed E-state index contributed by atoms with van der Waals surface area (Å²) < 4.78 is 1.21. The molecule has 26 heavy (non-hydrogen) atoms. The third kappa shape index (κ3) is 4.96. The number of benzene rings is 1. The van der Waals surface area contributed by atoms with Crippen LogP contribution in [0.15, 0.2) is 35.3 Å². The van der Waals surface area contributed by atoms with Crippen molar-refractivity contribution in [3.05, 3.63) is 35.2 Å². The summed E-state index contributed by atoms with van der Waals surface area (Å²) in [6.45, 7) is 6.28. The fraction of sp³-hybridized carbons (Fsp3) is 0.550. The van der Waals surface area contributed by atoms with Gasteiger partial charge in [-0.1, -0.05) is 18.2 Å². The molecule has 0 radical (unpaired) electrons. The molecule has 2 atom stereocenters. The van der Waals surface area contributed by atoms with E-state index in [-0.39, 0.29) is 0 Å². The third-order valence-corrected chi connectivity index (χ3v) is 6.13. The van der Waals surface area contributed by atoms with Crippen molar-refractivity contribution in [1.82, 2.24) is 15.5 Å². The molecule has 142 valence electrons. The summed E-state index contributed by atoms with van der Waals surface area (Å²) in [5.74, 6) is 0.767. The Bertz CT molecular complexity index is 707. The lowest BCUT2D eigenvalue weighted by atomic mass is 10.2. The molecule has 2 unspecified atom stereocenters. The van der Waals surface area contributed by atoms with Crippen molar-refractivity contribution in [1.29, 1.82) is 0 Å². The monoisotopic (exact) mass is 374 g/mol. The van der Waals surface area contributed by atoms with E-state index < -0.39 is 6.10 Å². The molecule has 0 spiro atoms. The summed E-state index contributed by atoms with van der Waals surface area (Å²) in [5, 5.41) is 18.3. The molecule has 0 aliphatic heterocycles. The molecule has 1 fully saturated rings. The molecular formula is C20H30N4OS. The van der Waals surface area contributed by atoms with Crippen LogP contribution in [0.1, 0.15) is 37.7 Å². The number of aliphatic imine (C=N–C) groups is 1. The van der Waals surface area contributed by atoms with E-state index in [1.807, 2.05) is 12.1 Å². The summed E-state index contributed by atoms with van der Waals surface area (Å²) in [5.41, 5.74) is 0. The van der Waals surface area contributed by atoms with Gasteiger partial charge in [-0.25, -0.2) is 0 Å². The first kappa shape index (κ1) is 19.1. The van der Waals surface area contributed by atoms with Gasteiger partial charge in [0.1, 0.15) is 6.10 Å². The molecular weight excluding hydrogens is 344 g/mol. The van der Waals surface area contributed by atoms with E-state index in [9.17, 15) is 5.11 Å². The number of aliphatic hydroxyl groups excluding tert-OH is 1. The van der Waals surface area contributed by atoms with E-state index in [1.54, 1.807) is 11.3 Å². The number of fused-ring (bicyclic) bond motifs is 1. The van der Waals surface area contributed by atoms with E-state index in [4.69, 9.17) is 4.99 Å². The maximum absolute atomic E-state index is 10.5. The van der Waals surface area contributed by atoms with Gasteiger partial charge in [0.2, 0.25) is 0 Å². The van der Waals surface area contributed by atoms with E-state index in [2.05, 4.69) is 54.6 Å². The van der Waals surface area contributed by atoms with Gasteiger partial charge in [0.05, 0.1) is 6.54 Å². The molecule has 3 rings (SSSR count). The van der Waals surface area contributed by atoms with Crippen LogP contribution in [0.25, 0.3) is 10.1 Å². The number of hydrogen-bond donors (Lipinski definition) is 3. The van der Waals surface area contributed by atoms with Crippen molar-refractivity contribution < 1.29 is 5.11 Å². The number of nitrogens with zero attached hydrogens (tertiary/aromatic N) is 2.